The molecule has 0 aromatic rings. The predicted octanol–water partition coefficient (Wildman–Crippen LogP) is -0.258. The molecule has 0 heterocycles. The van der Waals surface area contributed by atoms with Crippen LogP contribution < -0.4 is 16.8 Å². The quantitative estimate of drug-likeness (QED) is 0.569. The highest BCUT2D eigenvalue weighted by molar-refractivity contribution is 5.89. The van der Waals surface area contributed by atoms with Gasteiger partial charge < -0.3 is 16.8 Å². The molecule has 0 bridgehead atoms. The summed E-state index contributed by atoms with van der Waals surface area (Å²) in [6.07, 6.45) is 1.19. The third kappa shape index (κ3) is 4.78. The van der Waals surface area contributed by atoms with Crippen molar-refractivity contribution in [2.24, 2.45) is 17.4 Å². The number of primary amides is 1. The van der Waals surface area contributed by atoms with E-state index in [4.69, 9.17) is 11.5 Å². The van der Waals surface area contributed by atoms with Crippen LogP contribution in [0.2, 0.25) is 0 Å². The zero-order chi connectivity index (χ0) is 12.1. The second-order valence-corrected chi connectivity index (χ2v) is 4.25. The second-order valence-electron chi connectivity index (χ2n) is 4.25. The van der Waals surface area contributed by atoms with Gasteiger partial charge in [0.05, 0.1) is 0 Å². The van der Waals surface area contributed by atoms with Crippen molar-refractivity contribution >= 4 is 11.8 Å². The lowest BCUT2D eigenvalue weighted by atomic mass is 10.00. The lowest BCUT2D eigenvalue weighted by Crippen LogP contribution is -2.53. The molecule has 0 fully saturated rings. The van der Waals surface area contributed by atoms with Gasteiger partial charge in [-0.2, -0.15) is 0 Å². The Hall–Kier alpha value is -1.10. The zero-order valence-corrected chi connectivity index (χ0v) is 9.67. The first kappa shape index (κ1) is 13.9. The zero-order valence-electron chi connectivity index (χ0n) is 9.67. The van der Waals surface area contributed by atoms with Crippen LogP contribution in [0.25, 0.3) is 0 Å². The minimum absolute atomic E-state index is 0.161. The van der Waals surface area contributed by atoms with Crippen LogP contribution in [-0.4, -0.2) is 23.9 Å². The van der Waals surface area contributed by atoms with E-state index in [1.165, 1.54) is 0 Å². The molecule has 1 unspecified atom stereocenters. The molecule has 2 amide bonds. The van der Waals surface area contributed by atoms with Gasteiger partial charge in [-0.3, -0.25) is 9.59 Å². The van der Waals surface area contributed by atoms with Crippen LogP contribution in [0.1, 0.15) is 33.6 Å². The van der Waals surface area contributed by atoms with Gasteiger partial charge in [-0.1, -0.05) is 13.3 Å². The van der Waals surface area contributed by atoms with Crippen LogP contribution in [0.3, 0.4) is 0 Å². The molecule has 5 heteroatoms. The van der Waals surface area contributed by atoms with E-state index in [9.17, 15) is 9.59 Å². The molecule has 0 aliphatic heterocycles. The molecular weight excluding hydrogens is 194 g/mol. The van der Waals surface area contributed by atoms with Gasteiger partial charge >= 0.3 is 0 Å². The van der Waals surface area contributed by atoms with E-state index in [0.29, 0.717) is 13.0 Å². The fourth-order valence-electron chi connectivity index (χ4n) is 1.12. The molecule has 88 valence electrons. The predicted molar refractivity (Wildman–Crippen MR) is 58.9 cm³/mol. The number of hydrogen-bond donors (Lipinski definition) is 3. The minimum Gasteiger partial charge on any atom is -0.368 e. The van der Waals surface area contributed by atoms with Gasteiger partial charge in [-0.25, -0.2) is 0 Å². The molecule has 0 saturated carbocycles. The monoisotopic (exact) mass is 215 g/mol. The summed E-state index contributed by atoms with van der Waals surface area (Å²) >= 11 is 0. The number of carbonyl (C=O) groups is 2. The molecule has 0 saturated heterocycles. The summed E-state index contributed by atoms with van der Waals surface area (Å²) in [4.78, 5) is 22.5. The lowest BCUT2D eigenvalue weighted by molar-refractivity contribution is -0.130. The smallest absolute Gasteiger partial charge is 0.242 e. The van der Waals surface area contributed by atoms with E-state index < -0.39 is 11.4 Å². The number of nitrogens with one attached hydrogen (secondary N) is 1. The number of carbonyl (C=O) groups excluding carboxylic acids is 2. The Labute approximate surface area is 90.6 Å². The van der Waals surface area contributed by atoms with E-state index in [2.05, 4.69) is 5.32 Å². The first-order valence-electron chi connectivity index (χ1n) is 5.14. The van der Waals surface area contributed by atoms with Crippen molar-refractivity contribution in [1.82, 2.24) is 5.32 Å². The summed E-state index contributed by atoms with van der Waals surface area (Å²) in [5.41, 5.74) is 9.62. The van der Waals surface area contributed by atoms with Crippen molar-refractivity contribution in [3.05, 3.63) is 0 Å². The second kappa shape index (κ2) is 5.70. The molecule has 0 radical (unpaired) electrons. The highest BCUT2D eigenvalue weighted by Crippen LogP contribution is 2.08. The molecular formula is C10H21N3O2. The number of nitrogens with two attached hydrogens (primary N) is 2. The SMILES string of the molecule is CCC(CN)CC(=O)NC(C)(C)C(N)=O. The first-order chi connectivity index (χ1) is 6.83. The number of rotatable bonds is 6. The molecule has 0 aromatic heterocycles. The van der Waals surface area contributed by atoms with Gasteiger partial charge in [-0.05, 0) is 26.3 Å². The Morgan fingerprint density at radius 3 is 2.27 bits per heavy atom. The fourth-order valence-corrected chi connectivity index (χ4v) is 1.12. The van der Waals surface area contributed by atoms with Crippen LogP contribution in [0.15, 0.2) is 0 Å². The van der Waals surface area contributed by atoms with Crippen LogP contribution in [-0.2, 0) is 9.59 Å². The van der Waals surface area contributed by atoms with E-state index in [1.807, 2.05) is 6.92 Å². The molecule has 15 heavy (non-hydrogen) atoms. The van der Waals surface area contributed by atoms with Crippen LogP contribution in [0.4, 0.5) is 0 Å². The highest BCUT2D eigenvalue weighted by Gasteiger charge is 2.27. The van der Waals surface area contributed by atoms with Crippen LogP contribution >= 0.6 is 0 Å². The van der Waals surface area contributed by atoms with Crippen molar-refractivity contribution in [2.45, 2.75) is 39.2 Å². The van der Waals surface area contributed by atoms with Gasteiger partial charge in [0.2, 0.25) is 11.8 Å². The van der Waals surface area contributed by atoms with Gasteiger partial charge in [0, 0.05) is 6.42 Å². The average molecular weight is 215 g/mol. The molecule has 0 aliphatic rings. The van der Waals surface area contributed by atoms with Crippen molar-refractivity contribution in [2.75, 3.05) is 6.54 Å². The topological polar surface area (TPSA) is 98.2 Å². The molecule has 0 aliphatic carbocycles. The standard InChI is InChI=1S/C10H21N3O2/c1-4-7(6-11)5-8(14)13-10(2,3)9(12)15/h7H,4-6,11H2,1-3H3,(H2,12,15)(H,13,14). The Morgan fingerprint density at radius 1 is 1.40 bits per heavy atom. The lowest BCUT2D eigenvalue weighted by Gasteiger charge is -2.23. The van der Waals surface area contributed by atoms with Crippen LogP contribution in [0.5, 0.6) is 0 Å². The summed E-state index contributed by atoms with van der Waals surface area (Å²) in [7, 11) is 0. The molecule has 0 rings (SSSR count). The maximum absolute atomic E-state index is 11.5. The van der Waals surface area contributed by atoms with Gasteiger partial charge in [0.15, 0.2) is 0 Å². The third-order valence-electron chi connectivity index (χ3n) is 2.45. The van der Waals surface area contributed by atoms with E-state index >= 15 is 0 Å². The molecule has 0 spiro atoms. The summed E-state index contributed by atoms with van der Waals surface area (Å²) in [5.74, 6) is -0.568. The first-order valence-corrected chi connectivity index (χ1v) is 5.14. The summed E-state index contributed by atoms with van der Waals surface area (Å²) < 4.78 is 0. The van der Waals surface area contributed by atoms with Crippen molar-refractivity contribution < 1.29 is 9.59 Å². The average Bonchev–Trinajstić information content (AvgIpc) is 2.13. The van der Waals surface area contributed by atoms with E-state index in [0.717, 1.165) is 6.42 Å². The summed E-state index contributed by atoms with van der Waals surface area (Å²) in [6.45, 7) is 5.61. The van der Waals surface area contributed by atoms with E-state index in [-0.39, 0.29) is 11.8 Å². The van der Waals surface area contributed by atoms with Gasteiger partial charge in [0.1, 0.15) is 5.54 Å². The number of amides is 2. The Bertz CT molecular complexity index is 235. The molecule has 5 N–H and O–H groups in total. The van der Waals surface area contributed by atoms with Gasteiger partial charge in [0.25, 0.3) is 0 Å². The normalized spacial score (nSPS) is 13.3. The van der Waals surface area contributed by atoms with E-state index in [1.54, 1.807) is 13.8 Å². The molecule has 0 aromatic carbocycles. The summed E-state index contributed by atoms with van der Waals surface area (Å²) in [6, 6.07) is 0. The third-order valence-corrected chi connectivity index (χ3v) is 2.45. The largest absolute Gasteiger partial charge is 0.368 e. The van der Waals surface area contributed by atoms with Crippen molar-refractivity contribution in [3.63, 3.8) is 0 Å². The fraction of sp³-hybridized carbons (Fsp3) is 0.800. The van der Waals surface area contributed by atoms with Gasteiger partial charge in [-0.15, -0.1) is 0 Å². The maximum Gasteiger partial charge on any atom is 0.242 e. The molecule has 1 atom stereocenters. The maximum atomic E-state index is 11.5. The Kier molecular flexibility index (Phi) is 5.28. The summed E-state index contributed by atoms with van der Waals surface area (Å²) in [5, 5.41) is 2.59. The van der Waals surface area contributed by atoms with Crippen LogP contribution in [0, 0.1) is 5.92 Å². The Morgan fingerprint density at radius 2 is 1.93 bits per heavy atom. The Balaban J connectivity index is 4.20. The van der Waals surface area contributed by atoms with Crippen molar-refractivity contribution in [1.29, 1.82) is 0 Å². The number of hydrogen-bond acceptors (Lipinski definition) is 3. The minimum atomic E-state index is -0.996. The highest BCUT2D eigenvalue weighted by atomic mass is 16.2. The molecule has 5 nitrogen and oxygen atoms in total. The van der Waals surface area contributed by atoms with Crippen molar-refractivity contribution in [3.8, 4) is 0 Å².